The average Bonchev–Trinajstić information content (AvgIpc) is 2.45. The van der Waals surface area contributed by atoms with Gasteiger partial charge in [-0.2, -0.15) is 0 Å². The van der Waals surface area contributed by atoms with Crippen LogP contribution in [0.2, 0.25) is 0 Å². The first kappa shape index (κ1) is 16.5. The highest BCUT2D eigenvalue weighted by molar-refractivity contribution is 5.79. The summed E-state index contributed by atoms with van der Waals surface area (Å²) in [5.41, 5.74) is 0. The monoisotopic (exact) mass is 269 g/mol. The van der Waals surface area contributed by atoms with Crippen molar-refractivity contribution in [2.75, 3.05) is 6.61 Å². The van der Waals surface area contributed by atoms with Crippen LogP contribution in [0.4, 0.5) is 0 Å². The summed E-state index contributed by atoms with van der Waals surface area (Å²) in [6.45, 7) is 4.45. The minimum atomic E-state index is 0.148. The Morgan fingerprint density at radius 2 is 1.95 bits per heavy atom. The molecule has 0 aromatic carbocycles. The Balaban J connectivity index is 2.28. The number of nitrogens with one attached hydrogen (secondary N) is 1. The summed E-state index contributed by atoms with van der Waals surface area (Å²) in [6, 6.07) is 0.148. The zero-order chi connectivity index (χ0) is 14.1. The molecule has 2 N–H and O–H groups in total. The largest absolute Gasteiger partial charge is 0.396 e. The second kappa shape index (κ2) is 9.35. The van der Waals surface area contributed by atoms with Crippen LogP contribution in [0, 0.1) is 11.8 Å². The minimum Gasteiger partial charge on any atom is -0.396 e. The van der Waals surface area contributed by atoms with E-state index in [4.69, 9.17) is 5.11 Å². The molecule has 1 saturated carbocycles. The van der Waals surface area contributed by atoms with Crippen molar-refractivity contribution in [3.63, 3.8) is 0 Å². The number of hydrogen-bond donors (Lipinski definition) is 2. The van der Waals surface area contributed by atoms with E-state index in [2.05, 4.69) is 19.2 Å². The molecule has 0 aliphatic heterocycles. The Morgan fingerprint density at radius 1 is 1.26 bits per heavy atom. The molecule has 3 nitrogen and oxygen atoms in total. The van der Waals surface area contributed by atoms with Gasteiger partial charge in [0.25, 0.3) is 0 Å². The molecule has 1 rings (SSSR count). The van der Waals surface area contributed by atoms with E-state index in [0.717, 1.165) is 25.2 Å². The van der Waals surface area contributed by atoms with E-state index in [9.17, 15) is 4.79 Å². The second-order valence-electron chi connectivity index (χ2n) is 5.99. The lowest BCUT2D eigenvalue weighted by Gasteiger charge is -2.29. The van der Waals surface area contributed by atoms with Crippen molar-refractivity contribution in [3.05, 3.63) is 0 Å². The van der Waals surface area contributed by atoms with E-state index in [1.54, 1.807) is 0 Å². The van der Waals surface area contributed by atoms with Gasteiger partial charge in [-0.1, -0.05) is 33.1 Å². The van der Waals surface area contributed by atoms with E-state index < -0.39 is 0 Å². The number of aliphatic hydroxyl groups excluding tert-OH is 1. The topological polar surface area (TPSA) is 49.3 Å². The molecule has 1 amide bonds. The number of amides is 1. The number of aliphatic hydroxyl groups is 1. The van der Waals surface area contributed by atoms with Crippen LogP contribution in [-0.2, 0) is 4.79 Å². The zero-order valence-electron chi connectivity index (χ0n) is 12.7. The summed E-state index contributed by atoms with van der Waals surface area (Å²) in [4.78, 5) is 12.2. The SMILES string of the molecule is CCCCC1CCC(C(=O)NC(CC)CCO)CC1. The van der Waals surface area contributed by atoms with E-state index >= 15 is 0 Å². The molecule has 0 spiro atoms. The molecular formula is C16H31NO2. The fraction of sp³-hybridized carbons (Fsp3) is 0.938. The fourth-order valence-corrected chi connectivity index (χ4v) is 3.06. The number of rotatable bonds is 8. The van der Waals surface area contributed by atoms with Crippen LogP contribution in [0.5, 0.6) is 0 Å². The van der Waals surface area contributed by atoms with Gasteiger partial charge < -0.3 is 10.4 Å². The van der Waals surface area contributed by atoms with Gasteiger partial charge >= 0.3 is 0 Å². The van der Waals surface area contributed by atoms with E-state index in [1.807, 2.05) is 0 Å². The van der Waals surface area contributed by atoms with E-state index in [-0.39, 0.29) is 24.5 Å². The first-order valence-corrected chi connectivity index (χ1v) is 8.12. The Kier molecular flexibility index (Phi) is 8.11. The van der Waals surface area contributed by atoms with Crippen molar-refractivity contribution in [2.24, 2.45) is 11.8 Å². The van der Waals surface area contributed by atoms with Crippen molar-refractivity contribution in [2.45, 2.75) is 77.7 Å². The third-order valence-corrected chi connectivity index (χ3v) is 4.50. The molecule has 0 saturated heterocycles. The van der Waals surface area contributed by atoms with Gasteiger partial charge in [0.05, 0.1) is 0 Å². The molecular weight excluding hydrogens is 238 g/mol. The molecule has 1 fully saturated rings. The third kappa shape index (κ3) is 5.94. The maximum absolute atomic E-state index is 12.2. The smallest absolute Gasteiger partial charge is 0.223 e. The lowest BCUT2D eigenvalue weighted by molar-refractivity contribution is -0.127. The van der Waals surface area contributed by atoms with E-state index in [0.29, 0.717) is 6.42 Å². The van der Waals surface area contributed by atoms with Crippen LogP contribution in [-0.4, -0.2) is 23.7 Å². The molecule has 0 radical (unpaired) electrons. The quantitative estimate of drug-likeness (QED) is 0.710. The summed E-state index contributed by atoms with van der Waals surface area (Å²) < 4.78 is 0. The Hall–Kier alpha value is -0.570. The number of carbonyl (C=O) groups is 1. The van der Waals surface area contributed by atoms with Crippen LogP contribution >= 0.6 is 0 Å². The molecule has 1 aliphatic carbocycles. The van der Waals surface area contributed by atoms with Crippen molar-refractivity contribution < 1.29 is 9.90 Å². The highest BCUT2D eigenvalue weighted by Crippen LogP contribution is 2.32. The molecule has 3 heteroatoms. The lowest BCUT2D eigenvalue weighted by atomic mass is 9.79. The van der Waals surface area contributed by atoms with Gasteiger partial charge in [-0.05, 0) is 44.4 Å². The van der Waals surface area contributed by atoms with Gasteiger partial charge in [0, 0.05) is 18.6 Å². The predicted octanol–water partition coefficient (Wildman–Crippen LogP) is 3.26. The second-order valence-corrected chi connectivity index (χ2v) is 5.99. The standard InChI is InChI=1S/C16H31NO2/c1-3-5-6-13-7-9-14(10-8-13)16(19)17-15(4-2)11-12-18/h13-15,18H,3-12H2,1-2H3,(H,17,19). The fourth-order valence-electron chi connectivity index (χ4n) is 3.06. The molecule has 0 aromatic heterocycles. The molecule has 0 heterocycles. The van der Waals surface area contributed by atoms with Crippen molar-refractivity contribution >= 4 is 5.91 Å². The van der Waals surface area contributed by atoms with E-state index in [1.165, 1.54) is 32.1 Å². The Morgan fingerprint density at radius 3 is 2.47 bits per heavy atom. The van der Waals surface area contributed by atoms with Crippen LogP contribution < -0.4 is 5.32 Å². The van der Waals surface area contributed by atoms with Crippen LogP contribution in [0.1, 0.15) is 71.6 Å². The Labute approximate surface area is 118 Å². The molecule has 19 heavy (non-hydrogen) atoms. The van der Waals surface area contributed by atoms with Crippen molar-refractivity contribution in [1.82, 2.24) is 5.32 Å². The molecule has 112 valence electrons. The number of hydrogen-bond acceptors (Lipinski definition) is 2. The van der Waals surface area contributed by atoms with Gasteiger partial charge in [-0.25, -0.2) is 0 Å². The maximum Gasteiger partial charge on any atom is 0.223 e. The highest BCUT2D eigenvalue weighted by Gasteiger charge is 2.26. The predicted molar refractivity (Wildman–Crippen MR) is 78.9 cm³/mol. The van der Waals surface area contributed by atoms with Crippen LogP contribution in [0.25, 0.3) is 0 Å². The van der Waals surface area contributed by atoms with Gasteiger partial charge in [0.1, 0.15) is 0 Å². The van der Waals surface area contributed by atoms with Gasteiger partial charge in [-0.15, -0.1) is 0 Å². The first-order chi connectivity index (χ1) is 9.21. The summed E-state index contributed by atoms with van der Waals surface area (Å²) in [5.74, 6) is 1.28. The van der Waals surface area contributed by atoms with Gasteiger partial charge in [0.2, 0.25) is 5.91 Å². The van der Waals surface area contributed by atoms with Crippen molar-refractivity contribution in [1.29, 1.82) is 0 Å². The summed E-state index contributed by atoms with van der Waals surface area (Å²) >= 11 is 0. The normalized spacial score (nSPS) is 25.0. The number of unbranched alkanes of at least 4 members (excludes halogenated alkanes) is 1. The Bertz CT molecular complexity index is 247. The third-order valence-electron chi connectivity index (χ3n) is 4.50. The highest BCUT2D eigenvalue weighted by atomic mass is 16.3. The minimum absolute atomic E-state index is 0.148. The average molecular weight is 269 g/mol. The summed E-state index contributed by atoms with van der Waals surface area (Å²) in [5, 5.41) is 12.1. The summed E-state index contributed by atoms with van der Waals surface area (Å²) in [6.07, 6.45) is 10.1. The lowest BCUT2D eigenvalue weighted by Crippen LogP contribution is -2.40. The van der Waals surface area contributed by atoms with Crippen LogP contribution in [0.15, 0.2) is 0 Å². The molecule has 1 atom stereocenters. The summed E-state index contributed by atoms with van der Waals surface area (Å²) in [7, 11) is 0. The van der Waals surface area contributed by atoms with Crippen molar-refractivity contribution in [3.8, 4) is 0 Å². The van der Waals surface area contributed by atoms with Gasteiger partial charge in [0.15, 0.2) is 0 Å². The molecule has 0 bridgehead atoms. The molecule has 1 unspecified atom stereocenters. The molecule has 0 aromatic rings. The van der Waals surface area contributed by atoms with Crippen LogP contribution in [0.3, 0.4) is 0 Å². The maximum atomic E-state index is 12.2. The number of carbonyl (C=O) groups excluding carboxylic acids is 1. The van der Waals surface area contributed by atoms with Gasteiger partial charge in [-0.3, -0.25) is 4.79 Å². The first-order valence-electron chi connectivity index (χ1n) is 8.12. The molecule has 1 aliphatic rings. The zero-order valence-corrected chi connectivity index (χ0v) is 12.7.